The number of para-hydroxylation sites is 1. The van der Waals surface area contributed by atoms with Crippen LogP contribution in [0.4, 0.5) is 0 Å². The first-order chi connectivity index (χ1) is 11.3. The smallest absolute Gasteiger partial charge is 0.242 e. The Morgan fingerprint density at radius 1 is 1.38 bits per heavy atom. The molecule has 128 valence electrons. The molecule has 0 saturated heterocycles. The molecule has 1 aromatic carbocycles. The Hall–Kier alpha value is -2.38. The molecule has 0 aliphatic carbocycles. The molecule has 0 fully saturated rings. The zero-order chi connectivity index (χ0) is 17.7. The molecule has 0 saturated carbocycles. The van der Waals surface area contributed by atoms with Crippen molar-refractivity contribution >= 4 is 26.8 Å². The number of benzene rings is 1. The Morgan fingerprint density at radius 3 is 2.75 bits per heavy atom. The second kappa shape index (κ2) is 7.46. The second-order valence-corrected chi connectivity index (χ2v) is 7.37. The van der Waals surface area contributed by atoms with E-state index < -0.39 is 22.0 Å². The number of carbonyl (C=O) groups excluding carboxylic acids is 1. The predicted molar refractivity (Wildman–Crippen MR) is 95.9 cm³/mol. The van der Waals surface area contributed by atoms with Crippen LogP contribution in [0.2, 0.25) is 0 Å². The molecule has 0 aliphatic heterocycles. The van der Waals surface area contributed by atoms with Crippen molar-refractivity contribution in [3.05, 3.63) is 61.0 Å². The zero-order valence-electron chi connectivity index (χ0n) is 13.5. The maximum absolute atomic E-state index is 12.4. The molecule has 0 aliphatic rings. The highest BCUT2D eigenvalue weighted by Crippen LogP contribution is 2.19. The molecule has 2 aromatic rings. The maximum Gasteiger partial charge on any atom is 0.242 e. The lowest BCUT2D eigenvalue weighted by molar-refractivity contribution is -0.121. The second-order valence-electron chi connectivity index (χ2n) is 5.57. The van der Waals surface area contributed by atoms with Crippen LogP contribution >= 0.6 is 0 Å². The number of fused-ring (bicyclic) bond motifs is 1. The van der Waals surface area contributed by atoms with Gasteiger partial charge in [0.1, 0.15) is 6.04 Å². The van der Waals surface area contributed by atoms with Gasteiger partial charge in [-0.1, -0.05) is 30.9 Å². The van der Waals surface area contributed by atoms with Gasteiger partial charge < -0.3 is 10.3 Å². The highest BCUT2D eigenvalue weighted by molar-refractivity contribution is 7.89. The molecule has 0 bridgehead atoms. The van der Waals surface area contributed by atoms with Crippen LogP contribution < -0.4 is 10.0 Å². The minimum atomic E-state index is -3.64. The van der Waals surface area contributed by atoms with Crippen molar-refractivity contribution in [2.75, 3.05) is 5.75 Å². The SMILES string of the molecule is C=CCS(=O)(=O)NC(Cc1c[nH]c2ccccc12)C(=O)NC(=C)C. The summed E-state index contributed by atoms with van der Waals surface area (Å²) in [5.41, 5.74) is 2.24. The van der Waals surface area contributed by atoms with E-state index in [1.807, 2.05) is 24.3 Å². The molecule has 0 radical (unpaired) electrons. The van der Waals surface area contributed by atoms with E-state index in [4.69, 9.17) is 0 Å². The van der Waals surface area contributed by atoms with Crippen LogP contribution in [-0.4, -0.2) is 31.1 Å². The molecular formula is C17H21N3O3S. The number of aromatic nitrogens is 1. The maximum atomic E-state index is 12.4. The Labute approximate surface area is 141 Å². The fourth-order valence-electron chi connectivity index (χ4n) is 2.43. The van der Waals surface area contributed by atoms with Gasteiger partial charge in [-0.3, -0.25) is 4.79 Å². The van der Waals surface area contributed by atoms with Crippen LogP contribution in [0.1, 0.15) is 12.5 Å². The molecule has 7 heteroatoms. The summed E-state index contributed by atoms with van der Waals surface area (Å²) in [5.74, 6) is -0.696. The third kappa shape index (κ3) is 4.56. The number of nitrogens with one attached hydrogen (secondary N) is 3. The Morgan fingerprint density at radius 2 is 2.08 bits per heavy atom. The lowest BCUT2D eigenvalue weighted by Gasteiger charge is -2.18. The fourth-order valence-corrected chi connectivity index (χ4v) is 3.46. The van der Waals surface area contributed by atoms with Gasteiger partial charge in [-0.05, 0) is 25.0 Å². The van der Waals surface area contributed by atoms with Crippen molar-refractivity contribution in [2.45, 2.75) is 19.4 Å². The van der Waals surface area contributed by atoms with E-state index in [9.17, 15) is 13.2 Å². The van der Waals surface area contributed by atoms with Crippen molar-refractivity contribution in [2.24, 2.45) is 0 Å². The largest absolute Gasteiger partial charge is 0.361 e. The van der Waals surface area contributed by atoms with Crippen LogP contribution in [0.3, 0.4) is 0 Å². The summed E-state index contributed by atoms with van der Waals surface area (Å²) in [6.45, 7) is 8.69. The van der Waals surface area contributed by atoms with Gasteiger partial charge in [-0.25, -0.2) is 13.1 Å². The lowest BCUT2D eigenvalue weighted by Crippen LogP contribution is -2.47. The third-order valence-electron chi connectivity index (χ3n) is 3.41. The summed E-state index contributed by atoms with van der Waals surface area (Å²) in [7, 11) is -3.64. The molecule has 6 nitrogen and oxygen atoms in total. The molecule has 1 atom stereocenters. The average Bonchev–Trinajstić information content (AvgIpc) is 2.89. The van der Waals surface area contributed by atoms with E-state index in [-0.39, 0.29) is 12.2 Å². The van der Waals surface area contributed by atoms with Gasteiger partial charge in [0.05, 0.1) is 5.75 Å². The van der Waals surface area contributed by atoms with Gasteiger partial charge >= 0.3 is 0 Å². The molecule has 1 aromatic heterocycles. The van der Waals surface area contributed by atoms with Crippen LogP contribution in [0.5, 0.6) is 0 Å². The molecule has 1 heterocycles. The number of aromatic amines is 1. The molecule has 1 amide bonds. The normalized spacial score (nSPS) is 12.7. The molecule has 2 rings (SSSR count). The summed E-state index contributed by atoms with van der Waals surface area (Å²) in [6, 6.07) is 6.70. The van der Waals surface area contributed by atoms with Crippen LogP contribution in [0, 0.1) is 0 Å². The fraction of sp³-hybridized carbons (Fsp3) is 0.235. The quantitative estimate of drug-likeness (QED) is 0.636. The van der Waals surface area contributed by atoms with Crippen molar-refractivity contribution < 1.29 is 13.2 Å². The summed E-state index contributed by atoms with van der Waals surface area (Å²) in [6.07, 6.45) is 3.29. The van der Waals surface area contributed by atoms with Crippen LogP contribution in [0.25, 0.3) is 10.9 Å². The van der Waals surface area contributed by atoms with Crippen molar-refractivity contribution in [3.8, 4) is 0 Å². The number of carbonyl (C=O) groups is 1. The van der Waals surface area contributed by atoms with E-state index in [2.05, 4.69) is 28.2 Å². The van der Waals surface area contributed by atoms with Crippen LogP contribution in [-0.2, 0) is 21.2 Å². The van der Waals surface area contributed by atoms with Gasteiger partial charge in [-0.15, -0.1) is 6.58 Å². The highest BCUT2D eigenvalue weighted by Gasteiger charge is 2.25. The van der Waals surface area contributed by atoms with E-state index in [0.29, 0.717) is 5.70 Å². The van der Waals surface area contributed by atoms with Gasteiger partial charge in [0.2, 0.25) is 15.9 Å². The Balaban J connectivity index is 2.29. The molecule has 24 heavy (non-hydrogen) atoms. The number of rotatable bonds is 8. The first kappa shape index (κ1) is 18.0. The number of hydrogen-bond donors (Lipinski definition) is 3. The summed E-state index contributed by atoms with van der Waals surface area (Å²) >= 11 is 0. The standard InChI is InChI=1S/C17H21N3O3S/c1-4-9-24(22,23)20-16(17(21)19-12(2)3)10-13-11-18-15-8-6-5-7-14(13)15/h4-8,11,16,18,20H,1-2,9-10H2,3H3,(H,19,21). The lowest BCUT2D eigenvalue weighted by atomic mass is 10.1. The monoisotopic (exact) mass is 347 g/mol. The third-order valence-corrected chi connectivity index (χ3v) is 4.73. The topological polar surface area (TPSA) is 91.1 Å². The van der Waals surface area contributed by atoms with E-state index in [1.54, 1.807) is 13.1 Å². The molecule has 3 N–H and O–H groups in total. The van der Waals surface area contributed by atoms with Crippen molar-refractivity contribution in [1.82, 2.24) is 15.0 Å². The molecule has 1 unspecified atom stereocenters. The summed E-state index contributed by atoms with van der Waals surface area (Å²) in [4.78, 5) is 15.5. The number of hydrogen-bond acceptors (Lipinski definition) is 3. The average molecular weight is 347 g/mol. The minimum absolute atomic E-state index is 0.222. The van der Waals surface area contributed by atoms with E-state index in [0.717, 1.165) is 16.5 Å². The Bertz CT molecular complexity index is 868. The van der Waals surface area contributed by atoms with Crippen molar-refractivity contribution in [1.29, 1.82) is 0 Å². The van der Waals surface area contributed by atoms with Gasteiger partial charge in [0.15, 0.2) is 0 Å². The molecule has 0 spiro atoms. The number of allylic oxidation sites excluding steroid dienone is 1. The number of sulfonamides is 1. The minimum Gasteiger partial charge on any atom is -0.361 e. The molecular weight excluding hydrogens is 326 g/mol. The summed E-state index contributed by atoms with van der Waals surface area (Å²) < 4.78 is 26.5. The highest BCUT2D eigenvalue weighted by atomic mass is 32.2. The first-order valence-electron chi connectivity index (χ1n) is 7.44. The van der Waals surface area contributed by atoms with Gasteiger partial charge in [0, 0.05) is 22.8 Å². The predicted octanol–water partition coefficient (Wildman–Crippen LogP) is 1.83. The van der Waals surface area contributed by atoms with Gasteiger partial charge in [-0.2, -0.15) is 0 Å². The number of amides is 1. The Kier molecular flexibility index (Phi) is 5.58. The zero-order valence-corrected chi connectivity index (χ0v) is 14.3. The first-order valence-corrected chi connectivity index (χ1v) is 9.10. The van der Waals surface area contributed by atoms with Crippen LogP contribution in [0.15, 0.2) is 55.4 Å². The van der Waals surface area contributed by atoms with E-state index in [1.165, 1.54) is 6.08 Å². The number of H-pyrrole nitrogens is 1. The van der Waals surface area contributed by atoms with Crippen molar-refractivity contribution in [3.63, 3.8) is 0 Å². The summed E-state index contributed by atoms with van der Waals surface area (Å²) in [5, 5.41) is 3.52. The van der Waals surface area contributed by atoms with E-state index >= 15 is 0 Å². The van der Waals surface area contributed by atoms with Gasteiger partial charge in [0.25, 0.3) is 0 Å².